The summed E-state index contributed by atoms with van der Waals surface area (Å²) in [4.78, 5) is 74.1. The minimum Gasteiger partial charge on any atom is -0.481 e. The predicted molar refractivity (Wildman–Crippen MR) is 254 cm³/mol. The highest BCUT2D eigenvalue weighted by atomic mass is 16.5. The first kappa shape index (κ1) is 53.8. The predicted octanol–water partition coefficient (Wildman–Crippen LogP) is 8.00. The second-order valence-electron chi connectivity index (χ2n) is 19.1. The van der Waals surface area contributed by atoms with Gasteiger partial charge in [-0.05, 0) is 74.7 Å². The van der Waals surface area contributed by atoms with Crippen LogP contribution in [0.15, 0.2) is 65.1 Å². The molecule has 2 aromatic carbocycles. The van der Waals surface area contributed by atoms with E-state index in [1.165, 1.54) is 0 Å². The van der Waals surface area contributed by atoms with Gasteiger partial charge in [0.15, 0.2) is 5.78 Å². The number of ketones is 2. The molecule has 2 heterocycles. The number of likely N-dealkylation sites (tertiary alicyclic amines) is 1. The van der Waals surface area contributed by atoms with Gasteiger partial charge in [0.05, 0.1) is 36.8 Å². The molecule has 4 rings (SSSR count). The van der Waals surface area contributed by atoms with E-state index >= 15 is 0 Å². The maximum absolute atomic E-state index is 14.6. The van der Waals surface area contributed by atoms with Gasteiger partial charge in [-0.3, -0.25) is 28.9 Å². The second-order valence-corrected chi connectivity index (χ2v) is 19.1. The van der Waals surface area contributed by atoms with Crippen molar-refractivity contribution < 1.29 is 43.0 Å². The number of carboxylic acids is 1. The summed E-state index contributed by atoms with van der Waals surface area (Å²) in [6, 6.07) is 18.2. The number of aliphatic carboxylic acids is 1. The van der Waals surface area contributed by atoms with Gasteiger partial charge in [0.1, 0.15) is 5.78 Å². The van der Waals surface area contributed by atoms with Gasteiger partial charge in [-0.1, -0.05) is 103 Å². The summed E-state index contributed by atoms with van der Waals surface area (Å²) in [7, 11) is 6.75. The van der Waals surface area contributed by atoms with Crippen LogP contribution in [0.2, 0.25) is 0 Å². The molecule has 0 bridgehead atoms. The number of benzene rings is 2. The number of hydrogen-bond acceptors (Lipinski definition) is 11. The van der Waals surface area contributed by atoms with Crippen LogP contribution in [0.5, 0.6) is 0 Å². The quantitative estimate of drug-likeness (QED) is 0.0745. The fourth-order valence-electron chi connectivity index (χ4n) is 9.96. The van der Waals surface area contributed by atoms with Crippen LogP contribution in [0.4, 0.5) is 0 Å². The van der Waals surface area contributed by atoms with Gasteiger partial charge in [0.25, 0.3) is 0 Å². The zero-order valence-corrected chi connectivity index (χ0v) is 41.4. The van der Waals surface area contributed by atoms with Crippen molar-refractivity contribution in [3.8, 4) is 11.5 Å². The third-order valence-electron chi connectivity index (χ3n) is 13.8. The Morgan fingerprint density at radius 3 is 2.08 bits per heavy atom. The van der Waals surface area contributed by atoms with E-state index in [4.69, 9.17) is 19.0 Å². The molecule has 0 radical (unpaired) electrons. The molecule has 0 aliphatic carbocycles. The van der Waals surface area contributed by atoms with Crippen molar-refractivity contribution in [3.05, 3.63) is 72.1 Å². The van der Waals surface area contributed by atoms with Crippen LogP contribution in [0.1, 0.15) is 117 Å². The summed E-state index contributed by atoms with van der Waals surface area (Å²) >= 11 is 0. The molecule has 9 atom stereocenters. The molecule has 1 saturated heterocycles. The summed E-state index contributed by atoms with van der Waals surface area (Å²) in [5.74, 6) is -2.30. The highest BCUT2D eigenvalue weighted by molar-refractivity contribution is 5.90. The normalized spacial score (nSPS) is 17.8. The molecule has 0 unspecified atom stereocenters. The van der Waals surface area contributed by atoms with Gasteiger partial charge in [-0.15, -0.1) is 10.2 Å². The Hall–Kier alpha value is -4.79. The molecule has 1 aliphatic heterocycles. The summed E-state index contributed by atoms with van der Waals surface area (Å²) < 4.78 is 18.4. The molecule has 3 aromatic rings. The van der Waals surface area contributed by atoms with Crippen LogP contribution in [-0.4, -0.2) is 131 Å². The highest BCUT2D eigenvalue weighted by Gasteiger charge is 2.43. The Morgan fingerprint density at radius 1 is 0.848 bits per heavy atom. The fraction of sp³-hybridized carbons (Fsp3) is 0.635. The molecule has 14 nitrogen and oxygen atoms in total. The lowest BCUT2D eigenvalue weighted by atomic mass is 9.83. The van der Waals surface area contributed by atoms with Gasteiger partial charge < -0.3 is 28.8 Å². The largest absolute Gasteiger partial charge is 0.481 e. The van der Waals surface area contributed by atoms with E-state index in [2.05, 4.69) is 17.1 Å². The van der Waals surface area contributed by atoms with Crippen LogP contribution in [0, 0.1) is 29.6 Å². The second kappa shape index (κ2) is 25.9. The molecular weight excluding hydrogens is 839 g/mol. The lowest BCUT2D eigenvalue weighted by molar-refractivity contribution is -0.149. The topological polar surface area (TPSA) is 173 Å². The number of nitrogens with zero attached hydrogens (tertiary/aromatic N) is 5. The number of rotatable bonds is 28. The maximum Gasteiger partial charge on any atom is 0.303 e. The molecule has 1 N–H and O–H groups in total. The first-order valence-electron chi connectivity index (χ1n) is 24.0. The number of likely N-dealkylation sites (N-methyl/N-ethyl adjacent to an activating group) is 2. The lowest BCUT2D eigenvalue weighted by Crippen LogP contribution is -2.54. The Morgan fingerprint density at radius 2 is 1.50 bits per heavy atom. The smallest absolute Gasteiger partial charge is 0.303 e. The average Bonchev–Trinajstić information content (AvgIpc) is 3.99. The van der Waals surface area contributed by atoms with Crippen LogP contribution in [0.3, 0.4) is 0 Å². The molecular formula is C52H77N5O9. The summed E-state index contributed by atoms with van der Waals surface area (Å²) in [6.45, 7) is 14.7. The number of carbonyl (C=O) groups is 5. The zero-order chi connectivity index (χ0) is 48.7. The Kier molecular flexibility index (Phi) is 21.2. The van der Waals surface area contributed by atoms with Gasteiger partial charge >= 0.3 is 5.97 Å². The molecule has 2 amide bonds. The molecule has 364 valence electrons. The van der Waals surface area contributed by atoms with Gasteiger partial charge in [-0.25, -0.2) is 0 Å². The van der Waals surface area contributed by atoms with Crippen molar-refractivity contribution in [1.29, 1.82) is 0 Å². The van der Waals surface area contributed by atoms with Crippen molar-refractivity contribution >= 4 is 29.4 Å². The van der Waals surface area contributed by atoms with E-state index in [1.807, 2.05) is 119 Å². The van der Waals surface area contributed by atoms with E-state index in [9.17, 15) is 24.0 Å². The molecule has 66 heavy (non-hydrogen) atoms. The van der Waals surface area contributed by atoms with Crippen LogP contribution in [-0.2, 0) is 39.9 Å². The fourth-order valence-corrected chi connectivity index (χ4v) is 9.96. The Bertz CT molecular complexity index is 1990. The molecule has 0 saturated carbocycles. The molecule has 1 fully saturated rings. The van der Waals surface area contributed by atoms with Gasteiger partial charge in [0.2, 0.25) is 23.6 Å². The van der Waals surface area contributed by atoms with Crippen molar-refractivity contribution in [1.82, 2.24) is 24.9 Å². The molecule has 1 aromatic heterocycles. The number of amides is 2. The van der Waals surface area contributed by atoms with Crippen LogP contribution < -0.4 is 0 Å². The molecule has 1 aliphatic rings. The standard InChI is InChI=1S/C52H77N5O9/c1-12-35(6)48(56(9)52(63)40(33(2)3)31-43(59)47(34(4)5)55(8)27-20-26-46(61)62)44(64-10)32-45(60)57-28-19-25-41(57)49(65-11)36(7)42(58)30-39(29-37-21-15-13-16-22-37)51-54-53-50(66-51)38-23-17-14-18-24-38/h13-18,21-24,33-36,39-41,44,47-49H,12,19-20,25-32H2,1-11H3,(H,61,62)/t35-,36-,39-,40-,41-,44+,47-,48-,49+/m0/s1. The van der Waals surface area contributed by atoms with Crippen molar-refractivity contribution in [3.63, 3.8) is 0 Å². The van der Waals surface area contributed by atoms with Crippen LogP contribution in [0.25, 0.3) is 11.5 Å². The number of hydrogen-bond donors (Lipinski definition) is 1. The van der Waals surface area contributed by atoms with Crippen molar-refractivity contribution in [2.24, 2.45) is 29.6 Å². The highest BCUT2D eigenvalue weighted by Crippen LogP contribution is 2.34. The monoisotopic (exact) mass is 916 g/mol. The third-order valence-corrected chi connectivity index (χ3v) is 13.8. The maximum atomic E-state index is 14.6. The first-order valence-corrected chi connectivity index (χ1v) is 24.0. The first-order chi connectivity index (χ1) is 31.4. The third kappa shape index (κ3) is 14.4. The lowest BCUT2D eigenvalue weighted by Gasteiger charge is -2.41. The molecule has 14 heteroatoms. The number of Topliss-reactive ketones (excluding diaryl/α,β-unsaturated/α-hetero) is 2. The van der Waals surface area contributed by atoms with E-state index in [-0.39, 0.29) is 78.8 Å². The van der Waals surface area contributed by atoms with E-state index in [0.717, 1.165) is 24.0 Å². The van der Waals surface area contributed by atoms with E-state index in [1.54, 1.807) is 26.2 Å². The van der Waals surface area contributed by atoms with Gasteiger partial charge in [-0.2, -0.15) is 0 Å². The molecule has 0 spiro atoms. The van der Waals surface area contributed by atoms with E-state index < -0.39 is 42.1 Å². The van der Waals surface area contributed by atoms with E-state index in [0.29, 0.717) is 44.1 Å². The van der Waals surface area contributed by atoms with Gasteiger partial charge in [0, 0.05) is 70.4 Å². The SMILES string of the molecule is CC[C@H](C)[C@@H]([C@@H](CC(=O)N1CCC[C@H]1[C@H](OC)[C@@H](C)C(=O)C[C@H](Cc1ccccc1)c1nnc(-c2ccccc2)o1)OC)N(C)C(=O)[C@@H](CC(=O)[C@H](C(C)C)N(C)CCCC(=O)O)C(C)C. The minimum absolute atomic E-state index is 0.0142. The number of aromatic nitrogens is 2. The van der Waals surface area contributed by atoms with Crippen molar-refractivity contribution in [2.45, 2.75) is 143 Å². The number of ether oxygens (including phenoxy) is 2. The number of methoxy groups -OCH3 is 2. The summed E-state index contributed by atoms with van der Waals surface area (Å²) in [5.41, 5.74) is 1.83. The number of carboxylic acid groups (broad SMARTS) is 1. The Labute approximate surface area is 393 Å². The average molecular weight is 916 g/mol. The van der Waals surface area contributed by atoms with Crippen molar-refractivity contribution in [2.75, 3.05) is 41.4 Å². The Balaban J connectivity index is 1.50. The summed E-state index contributed by atoms with van der Waals surface area (Å²) in [5, 5.41) is 17.9. The zero-order valence-electron chi connectivity index (χ0n) is 41.4. The van der Waals surface area contributed by atoms with Crippen LogP contribution >= 0.6 is 0 Å². The summed E-state index contributed by atoms with van der Waals surface area (Å²) in [6.07, 6.45) is 2.06. The number of carbonyl (C=O) groups excluding carboxylic acids is 4. The minimum atomic E-state index is -0.878.